The van der Waals surface area contributed by atoms with Crippen LogP contribution in [-0.2, 0) is 12.2 Å². The highest BCUT2D eigenvalue weighted by Gasteiger charge is 2.16. The first kappa shape index (κ1) is 13.1. The molecular weight excluding hydrogens is 298 g/mol. The third-order valence-electron chi connectivity index (χ3n) is 3.73. The Balaban J connectivity index is 1.86. The molecule has 0 atom stereocenters. The molecule has 1 aromatic carbocycles. The largest absolute Gasteiger partial charge is 0.383 e. The third-order valence-corrected chi connectivity index (χ3v) is 5.97. The van der Waals surface area contributed by atoms with Crippen molar-refractivity contribution in [3.05, 3.63) is 40.3 Å². The van der Waals surface area contributed by atoms with Gasteiger partial charge in [-0.1, -0.05) is 11.6 Å². The number of fused-ring (bicyclic) bond motifs is 2. The minimum atomic E-state index is 0.569. The van der Waals surface area contributed by atoms with Crippen LogP contribution in [0, 0.1) is 6.92 Å². The lowest BCUT2D eigenvalue weighted by molar-refractivity contribution is 1.13. The molecule has 0 radical (unpaired) electrons. The van der Waals surface area contributed by atoms with Crippen molar-refractivity contribution < 1.29 is 0 Å². The van der Waals surface area contributed by atoms with Gasteiger partial charge in [-0.15, -0.1) is 11.3 Å². The molecule has 0 amide bonds. The molecule has 0 unspecified atom stereocenters. The second kappa shape index (κ2) is 5.00. The second-order valence-corrected chi connectivity index (χ2v) is 7.56. The van der Waals surface area contributed by atoms with Crippen molar-refractivity contribution in [3.63, 3.8) is 0 Å². The molecule has 0 spiro atoms. The average molecular weight is 313 g/mol. The minimum Gasteiger partial charge on any atom is -0.383 e. The summed E-state index contributed by atoms with van der Waals surface area (Å²) in [6.07, 6.45) is 1.16. The SMILES string of the molecule is Cc1ccc2nc(-c3cc4c(s3)CCSC4)nc(N)c2c1. The van der Waals surface area contributed by atoms with Gasteiger partial charge in [-0.05, 0) is 42.9 Å². The lowest BCUT2D eigenvalue weighted by Crippen LogP contribution is -1.97. The molecule has 1 aliphatic heterocycles. The first-order chi connectivity index (χ1) is 10.2. The van der Waals surface area contributed by atoms with E-state index in [0.717, 1.165) is 33.8 Å². The normalized spacial score (nSPS) is 14.3. The molecule has 0 bridgehead atoms. The maximum absolute atomic E-state index is 6.13. The lowest BCUT2D eigenvalue weighted by atomic mass is 10.1. The van der Waals surface area contributed by atoms with Crippen molar-refractivity contribution in [2.75, 3.05) is 11.5 Å². The Kier molecular flexibility index (Phi) is 3.12. The number of nitrogens with two attached hydrogens (primary N) is 1. The van der Waals surface area contributed by atoms with Crippen LogP contribution in [0.15, 0.2) is 24.3 Å². The minimum absolute atomic E-state index is 0.569. The van der Waals surface area contributed by atoms with E-state index < -0.39 is 0 Å². The van der Waals surface area contributed by atoms with Crippen molar-refractivity contribution in [2.45, 2.75) is 19.1 Å². The van der Waals surface area contributed by atoms with Gasteiger partial charge in [0.2, 0.25) is 0 Å². The van der Waals surface area contributed by atoms with Crippen LogP contribution in [0.1, 0.15) is 16.0 Å². The van der Waals surface area contributed by atoms with Crippen LogP contribution in [-0.4, -0.2) is 15.7 Å². The number of aryl methyl sites for hydroxylation is 2. The number of aromatic nitrogens is 2. The number of thiophene rings is 1. The zero-order valence-electron chi connectivity index (χ0n) is 11.7. The predicted octanol–water partition coefficient (Wildman–Crippen LogP) is 4.04. The van der Waals surface area contributed by atoms with Crippen LogP contribution in [0.25, 0.3) is 21.6 Å². The Morgan fingerprint density at radius 2 is 2.10 bits per heavy atom. The maximum Gasteiger partial charge on any atom is 0.172 e. The van der Waals surface area contributed by atoms with Crippen molar-refractivity contribution in [2.24, 2.45) is 0 Å². The Labute approximate surface area is 131 Å². The van der Waals surface area contributed by atoms with E-state index in [9.17, 15) is 0 Å². The Bertz CT molecular complexity index is 815. The van der Waals surface area contributed by atoms with Gasteiger partial charge in [-0.2, -0.15) is 11.8 Å². The van der Waals surface area contributed by atoms with Crippen molar-refractivity contribution in [3.8, 4) is 10.7 Å². The topological polar surface area (TPSA) is 51.8 Å². The highest BCUT2D eigenvalue weighted by atomic mass is 32.2. The first-order valence-electron chi connectivity index (χ1n) is 6.94. The van der Waals surface area contributed by atoms with E-state index in [2.05, 4.69) is 24.0 Å². The van der Waals surface area contributed by atoms with E-state index in [-0.39, 0.29) is 0 Å². The fourth-order valence-corrected chi connectivity index (χ4v) is 4.94. The van der Waals surface area contributed by atoms with Crippen molar-refractivity contribution >= 4 is 39.8 Å². The summed E-state index contributed by atoms with van der Waals surface area (Å²) in [7, 11) is 0. The molecule has 5 heteroatoms. The molecular formula is C16H15N3S2. The van der Waals surface area contributed by atoms with E-state index in [1.165, 1.54) is 21.8 Å². The summed E-state index contributed by atoms with van der Waals surface area (Å²) in [5, 5.41) is 0.940. The van der Waals surface area contributed by atoms with Gasteiger partial charge in [0.25, 0.3) is 0 Å². The zero-order chi connectivity index (χ0) is 14.4. The van der Waals surface area contributed by atoms with Crippen LogP contribution < -0.4 is 5.73 Å². The van der Waals surface area contributed by atoms with E-state index in [0.29, 0.717) is 5.82 Å². The number of hydrogen-bond donors (Lipinski definition) is 1. The fourth-order valence-electron chi connectivity index (χ4n) is 2.63. The van der Waals surface area contributed by atoms with Crippen molar-refractivity contribution in [1.29, 1.82) is 0 Å². The number of hydrogen-bond acceptors (Lipinski definition) is 5. The highest BCUT2D eigenvalue weighted by molar-refractivity contribution is 7.98. The van der Waals surface area contributed by atoms with Crippen LogP contribution >= 0.6 is 23.1 Å². The summed E-state index contributed by atoms with van der Waals surface area (Å²) in [4.78, 5) is 11.8. The number of rotatable bonds is 1. The van der Waals surface area contributed by atoms with Crippen LogP contribution in [0.4, 0.5) is 5.82 Å². The molecule has 2 aromatic heterocycles. The number of nitrogen functional groups attached to an aromatic ring is 1. The summed E-state index contributed by atoms with van der Waals surface area (Å²) in [6, 6.07) is 8.37. The molecule has 2 N–H and O–H groups in total. The molecule has 0 aliphatic carbocycles. The molecule has 3 heterocycles. The molecule has 106 valence electrons. The molecule has 3 aromatic rings. The van der Waals surface area contributed by atoms with Gasteiger partial charge in [0.1, 0.15) is 5.82 Å². The van der Waals surface area contributed by atoms with Crippen LogP contribution in [0.3, 0.4) is 0 Å². The van der Waals surface area contributed by atoms with Gasteiger partial charge in [0, 0.05) is 16.0 Å². The number of anilines is 1. The Hall–Kier alpha value is -1.59. The van der Waals surface area contributed by atoms with Gasteiger partial charge in [-0.25, -0.2) is 9.97 Å². The lowest BCUT2D eigenvalue weighted by Gasteiger charge is -2.08. The molecule has 21 heavy (non-hydrogen) atoms. The first-order valence-corrected chi connectivity index (χ1v) is 8.91. The summed E-state index contributed by atoms with van der Waals surface area (Å²) in [5.74, 6) is 3.65. The number of nitrogens with zero attached hydrogens (tertiary/aromatic N) is 2. The van der Waals surface area contributed by atoms with E-state index in [4.69, 9.17) is 10.7 Å². The van der Waals surface area contributed by atoms with Gasteiger partial charge < -0.3 is 5.73 Å². The summed E-state index contributed by atoms with van der Waals surface area (Å²) in [5.41, 5.74) is 9.67. The van der Waals surface area contributed by atoms with E-state index in [1.54, 1.807) is 0 Å². The van der Waals surface area contributed by atoms with Gasteiger partial charge in [0.05, 0.1) is 10.4 Å². The molecule has 4 rings (SSSR count). The number of benzene rings is 1. The van der Waals surface area contributed by atoms with E-state index >= 15 is 0 Å². The van der Waals surface area contributed by atoms with Crippen molar-refractivity contribution in [1.82, 2.24) is 9.97 Å². The fraction of sp³-hybridized carbons (Fsp3) is 0.250. The Morgan fingerprint density at radius 1 is 1.19 bits per heavy atom. The standard InChI is InChI=1S/C16H15N3S2/c1-9-2-3-12-11(6-9)15(17)19-16(18-12)14-7-10-8-20-5-4-13(10)21-14/h2-3,6-7H,4-5,8H2,1H3,(H2,17,18,19). The molecule has 0 saturated heterocycles. The molecule has 1 aliphatic rings. The number of thioether (sulfide) groups is 1. The smallest absolute Gasteiger partial charge is 0.172 e. The quantitative estimate of drug-likeness (QED) is 0.736. The van der Waals surface area contributed by atoms with Gasteiger partial charge >= 0.3 is 0 Å². The average Bonchev–Trinajstić information content (AvgIpc) is 2.92. The highest BCUT2D eigenvalue weighted by Crippen LogP contribution is 2.36. The van der Waals surface area contributed by atoms with Crippen LogP contribution in [0.5, 0.6) is 0 Å². The van der Waals surface area contributed by atoms with Gasteiger partial charge in [-0.3, -0.25) is 0 Å². The summed E-state index contributed by atoms with van der Waals surface area (Å²) >= 11 is 3.81. The van der Waals surface area contributed by atoms with Crippen LogP contribution in [0.2, 0.25) is 0 Å². The van der Waals surface area contributed by atoms with E-state index in [1.807, 2.05) is 35.2 Å². The molecule has 0 fully saturated rings. The third kappa shape index (κ3) is 2.30. The monoisotopic (exact) mass is 313 g/mol. The van der Waals surface area contributed by atoms with Gasteiger partial charge in [0.15, 0.2) is 5.82 Å². The summed E-state index contributed by atoms with van der Waals surface area (Å²) < 4.78 is 0. The maximum atomic E-state index is 6.13. The molecule has 0 saturated carbocycles. The summed E-state index contributed by atoms with van der Waals surface area (Å²) in [6.45, 7) is 2.05. The predicted molar refractivity (Wildman–Crippen MR) is 91.9 cm³/mol. The second-order valence-electron chi connectivity index (χ2n) is 5.31. The molecule has 3 nitrogen and oxygen atoms in total. The Morgan fingerprint density at radius 3 is 2.95 bits per heavy atom. The zero-order valence-corrected chi connectivity index (χ0v) is 13.4.